The summed E-state index contributed by atoms with van der Waals surface area (Å²) in [4.78, 5) is 3.55. The molecule has 1 N–H and O–H groups in total. The second-order valence-electron chi connectivity index (χ2n) is 4.85. The average Bonchev–Trinajstić information content (AvgIpc) is 2.16. The molecule has 0 saturated heterocycles. The normalized spacial score (nSPS) is 12.6. The average molecular weight is 219 g/mol. The SMILES string of the molecule is Cc1ccc(/C(=C\[NH+](C)C)CN(C)C)cc1. The highest BCUT2D eigenvalue weighted by Gasteiger charge is 2.05. The van der Waals surface area contributed by atoms with Crippen molar-refractivity contribution in [1.29, 1.82) is 0 Å². The number of nitrogens with zero attached hydrogens (tertiary/aromatic N) is 1. The Morgan fingerprint density at radius 2 is 1.75 bits per heavy atom. The highest BCUT2D eigenvalue weighted by atomic mass is 15.1. The highest BCUT2D eigenvalue weighted by molar-refractivity contribution is 5.65. The summed E-state index contributed by atoms with van der Waals surface area (Å²) in [5.41, 5.74) is 4.01. The molecule has 0 aliphatic heterocycles. The topological polar surface area (TPSA) is 7.68 Å². The zero-order valence-corrected chi connectivity index (χ0v) is 11.0. The van der Waals surface area contributed by atoms with Crippen molar-refractivity contribution in [1.82, 2.24) is 4.90 Å². The van der Waals surface area contributed by atoms with Crippen LogP contribution in [0.4, 0.5) is 0 Å². The molecule has 0 amide bonds. The van der Waals surface area contributed by atoms with Crippen molar-refractivity contribution in [3.8, 4) is 0 Å². The Bertz CT molecular complexity index is 348. The summed E-state index contributed by atoms with van der Waals surface area (Å²) in [7, 11) is 8.49. The molecule has 0 unspecified atom stereocenters. The Labute approximate surface area is 99.2 Å². The predicted octanol–water partition coefficient (Wildman–Crippen LogP) is 1.04. The van der Waals surface area contributed by atoms with Gasteiger partial charge in [0.2, 0.25) is 0 Å². The third kappa shape index (κ3) is 4.17. The first-order chi connectivity index (χ1) is 7.49. The number of hydrogen-bond donors (Lipinski definition) is 1. The Kier molecular flexibility index (Phi) is 4.71. The number of hydrogen-bond acceptors (Lipinski definition) is 1. The van der Waals surface area contributed by atoms with Gasteiger partial charge in [0.1, 0.15) is 0 Å². The summed E-state index contributed by atoms with van der Waals surface area (Å²) in [5, 5.41) is 0. The minimum absolute atomic E-state index is 0.980. The van der Waals surface area contributed by atoms with E-state index < -0.39 is 0 Å². The van der Waals surface area contributed by atoms with Gasteiger partial charge >= 0.3 is 0 Å². The van der Waals surface area contributed by atoms with E-state index in [2.05, 4.69) is 70.5 Å². The Hall–Kier alpha value is -1.12. The maximum atomic E-state index is 2.27. The number of aryl methyl sites for hydroxylation is 1. The highest BCUT2D eigenvalue weighted by Crippen LogP contribution is 2.14. The fourth-order valence-corrected chi connectivity index (χ4v) is 1.68. The molecule has 16 heavy (non-hydrogen) atoms. The quantitative estimate of drug-likeness (QED) is 0.795. The molecule has 0 bridgehead atoms. The minimum atomic E-state index is 0.980. The van der Waals surface area contributed by atoms with E-state index >= 15 is 0 Å². The van der Waals surface area contributed by atoms with Gasteiger partial charge in [0.05, 0.1) is 20.3 Å². The molecular weight excluding hydrogens is 196 g/mol. The van der Waals surface area contributed by atoms with Gasteiger partial charge in [-0.3, -0.25) is 0 Å². The van der Waals surface area contributed by atoms with Crippen LogP contribution in [0, 0.1) is 6.92 Å². The van der Waals surface area contributed by atoms with Gasteiger partial charge in [-0.2, -0.15) is 0 Å². The maximum Gasteiger partial charge on any atom is 0.0989 e. The van der Waals surface area contributed by atoms with Crippen molar-refractivity contribution in [2.45, 2.75) is 6.92 Å². The van der Waals surface area contributed by atoms with E-state index in [-0.39, 0.29) is 0 Å². The van der Waals surface area contributed by atoms with E-state index in [0.717, 1.165) is 6.54 Å². The number of benzene rings is 1. The van der Waals surface area contributed by atoms with Crippen molar-refractivity contribution in [3.63, 3.8) is 0 Å². The molecule has 0 atom stereocenters. The summed E-state index contributed by atoms with van der Waals surface area (Å²) >= 11 is 0. The first kappa shape index (κ1) is 12.9. The summed E-state index contributed by atoms with van der Waals surface area (Å²) in [6, 6.07) is 8.74. The Morgan fingerprint density at radius 1 is 1.19 bits per heavy atom. The molecule has 0 heterocycles. The molecule has 0 saturated carbocycles. The zero-order chi connectivity index (χ0) is 12.1. The molecule has 0 aliphatic carbocycles. The lowest BCUT2D eigenvalue weighted by atomic mass is 10.0. The molecule has 0 aliphatic rings. The minimum Gasteiger partial charge on any atom is -0.313 e. The van der Waals surface area contributed by atoms with Crippen LogP contribution < -0.4 is 4.90 Å². The standard InChI is InChI=1S/C14H22N2/c1-12-6-8-13(9-7-12)14(10-15(2)3)11-16(4)5/h6-10H,11H2,1-5H3/p+1/b14-10-. The van der Waals surface area contributed by atoms with Crippen LogP contribution in [0.15, 0.2) is 30.5 Å². The van der Waals surface area contributed by atoms with E-state index in [1.54, 1.807) is 0 Å². The number of likely N-dealkylation sites (N-methyl/N-ethyl adjacent to an activating group) is 1. The van der Waals surface area contributed by atoms with E-state index in [9.17, 15) is 0 Å². The fraction of sp³-hybridized carbons (Fsp3) is 0.429. The van der Waals surface area contributed by atoms with Gasteiger partial charge < -0.3 is 9.80 Å². The molecule has 2 heteroatoms. The second kappa shape index (κ2) is 5.83. The van der Waals surface area contributed by atoms with Crippen LogP contribution in [0.2, 0.25) is 0 Å². The van der Waals surface area contributed by atoms with Crippen LogP contribution in [0.25, 0.3) is 5.57 Å². The molecule has 88 valence electrons. The van der Waals surface area contributed by atoms with E-state index in [1.165, 1.54) is 21.6 Å². The summed E-state index contributed by atoms with van der Waals surface area (Å²) in [6.07, 6.45) is 2.27. The van der Waals surface area contributed by atoms with Crippen LogP contribution in [-0.2, 0) is 0 Å². The molecule has 0 aromatic heterocycles. The van der Waals surface area contributed by atoms with Gasteiger partial charge in [-0.05, 0) is 26.6 Å². The third-order valence-corrected chi connectivity index (χ3v) is 2.37. The molecule has 1 aromatic rings. The predicted molar refractivity (Wildman–Crippen MR) is 70.5 cm³/mol. The molecule has 0 spiro atoms. The van der Waals surface area contributed by atoms with Crippen LogP contribution >= 0.6 is 0 Å². The second-order valence-corrected chi connectivity index (χ2v) is 4.85. The summed E-state index contributed by atoms with van der Waals surface area (Å²) < 4.78 is 0. The van der Waals surface area contributed by atoms with Crippen molar-refractivity contribution >= 4 is 5.57 Å². The van der Waals surface area contributed by atoms with Crippen molar-refractivity contribution in [2.24, 2.45) is 0 Å². The van der Waals surface area contributed by atoms with Gasteiger partial charge in [0, 0.05) is 12.1 Å². The van der Waals surface area contributed by atoms with Gasteiger partial charge in [-0.15, -0.1) is 0 Å². The first-order valence-electron chi connectivity index (χ1n) is 5.71. The molecular formula is C14H23N2+. The van der Waals surface area contributed by atoms with E-state index in [0.29, 0.717) is 0 Å². The summed E-state index contributed by atoms with van der Waals surface area (Å²) in [5.74, 6) is 0. The fourth-order valence-electron chi connectivity index (χ4n) is 1.68. The smallest absolute Gasteiger partial charge is 0.0989 e. The summed E-state index contributed by atoms with van der Waals surface area (Å²) in [6.45, 7) is 3.10. The number of nitrogens with one attached hydrogen (secondary N) is 1. The van der Waals surface area contributed by atoms with Gasteiger partial charge in [0.25, 0.3) is 0 Å². The Morgan fingerprint density at radius 3 is 2.19 bits per heavy atom. The Balaban J connectivity index is 2.96. The zero-order valence-electron chi connectivity index (χ0n) is 11.0. The van der Waals surface area contributed by atoms with Crippen LogP contribution in [0.5, 0.6) is 0 Å². The van der Waals surface area contributed by atoms with Gasteiger partial charge in [0.15, 0.2) is 0 Å². The third-order valence-electron chi connectivity index (χ3n) is 2.37. The van der Waals surface area contributed by atoms with Crippen molar-refractivity contribution in [2.75, 3.05) is 34.7 Å². The van der Waals surface area contributed by atoms with E-state index in [4.69, 9.17) is 0 Å². The largest absolute Gasteiger partial charge is 0.313 e. The lowest BCUT2D eigenvalue weighted by molar-refractivity contribution is -0.800. The maximum absolute atomic E-state index is 2.27. The molecule has 1 aromatic carbocycles. The number of quaternary nitrogens is 1. The van der Waals surface area contributed by atoms with Crippen LogP contribution in [0.1, 0.15) is 11.1 Å². The first-order valence-corrected chi connectivity index (χ1v) is 5.71. The lowest BCUT2D eigenvalue weighted by Gasteiger charge is -2.14. The molecule has 2 nitrogen and oxygen atoms in total. The van der Waals surface area contributed by atoms with Crippen molar-refractivity contribution < 1.29 is 4.90 Å². The number of rotatable bonds is 4. The van der Waals surface area contributed by atoms with Crippen LogP contribution in [0.3, 0.4) is 0 Å². The lowest BCUT2D eigenvalue weighted by Crippen LogP contribution is -3.00. The molecule has 0 radical (unpaired) electrons. The van der Waals surface area contributed by atoms with Gasteiger partial charge in [-0.1, -0.05) is 29.8 Å². The van der Waals surface area contributed by atoms with Crippen LogP contribution in [-0.4, -0.2) is 39.6 Å². The van der Waals surface area contributed by atoms with Crippen molar-refractivity contribution in [3.05, 3.63) is 41.6 Å². The van der Waals surface area contributed by atoms with Gasteiger partial charge in [-0.25, -0.2) is 0 Å². The molecule has 0 fully saturated rings. The molecule has 1 rings (SSSR count). The van der Waals surface area contributed by atoms with E-state index in [1.807, 2.05) is 0 Å². The monoisotopic (exact) mass is 219 g/mol.